The number of rotatable bonds is 7. The van der Waals surface area contributed by atoms with Crippen molar-refractivity contribution in [3.8, 4) is 0 Å². The highest BCUT2D eigenvalue weighted by atomic mass is 32.1. The topological polar surface area (TPSA) is 32.3 Å². The second-order valence-electron chi connectivity index (χ2n) is 4.66. The van der Waals surface area contributed by atoms with E-state index < -0.39 is 6.10 Å². The Hall–Kier alpha value is -1.16. The molecule has 0 saturated heterocycles. The predicted octanol–water partition coefficient (Wildman–Crippen LogP) is 3.39. The third-order valence-corrected chi connectivity index (χ3v) is 4.26. The highest BCUT2D eigenvalue weighted by Gasteiger charge is 2.19. The molecule has 2 nitrogen and oxygen atoms in total. The van der Waals surface area contributed by atoms with Crippen LogP contribution in [0, 0.1) is 0 Å². The predicted molar refractivity (Wildman–Crippen MR) is 81.5 cm³/mol. The van der Waals surface area contributed by atoms with Crippen molar-refractivity contribution in [3.63, 3.8) is 0 Å². The maximum atomic E-state index is 10.3. The molecule has 1 aromatic heterocycles. The first-order chi connectivity index (χ1) is 9.31. The van der Waals surface area contributed by atoms with Crippen LogP contribution in [-0.2, 0) is 6.42 Å². The summed E-state index contributed by atoms with van der Waals surface area (Å²) in [6.07, 6.45) is 1.52. The van der Waals surface area contributed by atoms with E-state index in [2.05, 4.69) is 36.5 Å². The van der Waals surface area contributed by atoms with E-state index in [9.17, 15) is 5.11 Å². The van der Waals surface area contributed by atoms with Crippen molar-refractivity contribution < 1.29 is 5.11 Å². The van der Waals surface area contributed by atoms with E-state index in [-0.39, 0.29) is 6.04 Å². The van der Waals surface area contributed by atoms with Gasteiger partial charge in [0, 0.05) is 10.9 Å². The molecular formula is C16H21NOS. The van der Waals surface area contributed by atoms with E-state index in [0.717, 1.165) is 24.3 Å². The molecule has 102 valence electrons. The molecule has 0 amide bonds. The Kier molecular flexibility index (Phi) is 5.58. The van der Waals surface area contributed by atoms with Crippen molar-refractivity contribution in [1.29, 1.82) is 0 Å². The lowest BCUT2D eigenvalue weighted by molar-refractivity contribution is 0.130. The standard InChI is InChI=1S/C16H21NOS/c1-2-14(16(18)15-9-6-12-19-15)17-11-10-13-7-4-3-5-8-13/h3-9,12,14,16-18H,2,10-11H2,1H3. The molecular weight excluding hydrogens is 254 g/mol. The van der Waals surface area contributed by atoms with Crippen LogP contribution in [-0.4, -0.2) is 17.7 Å². The second-order valence-corrected chi connectivity index (χ2v) is 5.64. The maximum absolute atomic E-state index is 10.3. The minimum absolute atomic E-state index is 0.127. The van der Waals surface area contributed by atoms with Gasteiger partial charge in [0.2, 0.25) is 0 Å². The van der Waals surface area contributed by atoms with Crippen molar-refractivity contribution >= 4 is 11.3 Å². The van der Waals surface area contributed by atoms with Gasteiger partial charge in [-0.2, -0.15) is 0 Å². The molecule has 0 spiro atoms. The zero-order valence-corrected chi connectivity index (χ0v) is 12.1. The zero-order valence-electron chi connectivity index (χ0n) is 11.3. The number of aliphatic hydroxyl groups excluding tert-OH is 1. The molecule has 1 aromatic carbocycles. The van der Waals surface area contributed by atoms with Crippen LogP contribution in [0.2, 0.25) is 0 Å². The van der Waals surface area contributed by atoms with E-state index in [0.29, 0.717) is 0 Å². The van der Waals surface area contributed by atoms with Crippen LogP contribution in [0.4, 0.5) is 0 Å². The van der Waals surface area contributed by atoms with Gasteiger partial charge in [0.25, 0.3) is 0 Å². The smallest absolute Gasteiger partial charge is 0.103 e. The highest BCUT2D eigenvalue weighted by Crippen LogP contribution is 2.23. The Morgan fingerprint density at radius 1 is 1.16 bits per heavy atom. The maximum Gasteiger partial charge on any atom is 0.103 e. The molecule has 0 aliphatic heterocycles. The highest BCUT2D eigenvalue weighted by molar-refractivity contribution is 7.10. The lowest BCUT2D eigenvalue weighted by atomic mass is 10.1. The van der Waals surface area contributed by atoms with Crippen LogP contribution in [0.25, 0.3) is 0 Å². The number of aliphatic hydroxyl groups is 1. The monoisotopic (exact) mass is 275 g/mol. The molecule has 2 N–H and O–H groups in total. The SMILES string of the molecule is CCC(NCCc1ccccc1)C(O)c1cccs1. The van der Waals surface area contributed by atoms with Gasteiger partial charge in [-0.3, -0.25) is 0 Å². The van der Waals surface area contributed by atoms with Gasteiger partial charge in [-0.1, -0.05) is 43.3 Å². The van der Waals surface area contributed by atoms with E-state index in [1.807, 2.05) is 23.6 Å². The summed E-state index contributed by atoms with van der Waals surface area (Å²) in [4.78, 5) is 1.04. The summed E-state index contributed by atoms with van der Waals surface area (Å²) in [6, 6.07) is 14.5. The minimum atomic E-state index is -0.402. The fourth-order valence-corrected chi connectivity index (χ4v) is 2.96. The summed E-state index contributed by atoms with van der Waals surface area (Å²) in [6.45, 7) is 3.00. The quantitative estimate of drug-likeness (QED) is 0.812. The van der Waals surface area contributed by atoms with Crippen LogP contribution in [0.3, 0.4) is 0 Å². The van der Waals surface area contributed by atoms with Gasteiger partial charge in [-0.15, -0.1) is 11.3 Å². The number of hydrogen-bond donors (Lipinski definition) is 2. The molecule has 2 atom stereocenters. The molecule has 3 heteroatoms. The van der Waals surface area contributed by atoms with Crippen LogP contribution >= 0.6 is 11.3 Å². The summed E-state index contributed by atoms with van der Waals surface area (Å²) in [7, 11) is 0. The Balaban J connectivity index is 1.83. The molecule has 0 bridgehead atoms. The van der Waals surface area contributed by atoms with Gasteiger partial charge in [0.05, 0.1) is 0 Å². The number of hydrogen-bond acceptors (Lipinski definition) is 3. The van der Waals surface area contributed by atoms with Gasteiger partial charge in [0.1, 0.15) is 6.10 Å². The average Bonchev–Trinajstić information content (AvgIpc) is 2.98. The van der Waals surface area contributed by atoms with E-state index in [1.165, 1.54) is 5.56 Å². The zero-order chi connectivity index (χ0) is 13.5. The molecule has 2 aromatic rings. The Morgan fingerprint density at radius 2 is 1.95 bits per heavy atom. The first kappa shape index (κ1) is 14.3. The summed E-state index contributed by atoms with van der Waals surface area (Å²) < 4.78 is 0. The van der Waals surface area contributed by atoms with Gasteiger partial charge < -0.3 is 10.4 Å². The molecule has 0 saturated carbocycles. The summed E-state index contributed by atoms with van der Waals surface area (Å²) in [5.74, 6) is 0. The third kappa shape index (κ3) is 4.16. The first-order valence-electron chi connectivity index (χ1n) is 6.80. The van der Waals surface area contributed by atoms with Crippen molar-refractivity contribution in [1.82, 2.24) is 5.32 Å². The lowest BCUT2D eigenvalue weighted by Gasteiger charge is -2.22. The summed E-state index contributed by atoms with van der Waals surface area (Å²) in [5, 5.41) is 15.8. The first-order valence-corrected chi connectivity index (χ1v) is 7.68. The van der Waals surface area contributed by atoms with E-state index in [1.54, 1.807) is 11.3 Å². The minimum Gasteiger partial charge on any atom is -0.386 e. The lowest BCUT2D eigenvalue weighted by Crippen LogP contribution is -2.35. The van der Waals surface area contributed by atoms with Crippen molar-refractivity contribution in [2.24, 2.45) is 0 Å². The number of benzene rings is 1. The van der Waals surface area contributed by atoms with Crippen molar-refractivity contribution in [2.45, 2.75) is 31.9 Å². The summed E-state index contributed by atoms with van der Waals surface area (Å²) >= 11 is 1.61. The molecule has 0 aliphatic carbocycles. The van der Waals surface area contributed by atoms with Crippen LogP contribution < -0.4 is 5.32 Å². The van der Waals surface area contributed by atoms with Crippen molar-refractivity contribution in [2.75, 3.05) is 6.54 Å². The van der Waals surface area contributed by atoms with Gasteiger partial charge >= 0.3 is 0 Å². The van der Waals surface area contributed by atoms with E-state index in [4.69, 9.17) is 0 Å². The molecule has 2 unspecified atom stereocenters. The van der Waals surface area contributed by atoms with Crippen LogP contribution in [0.15, 0.2) is 47.8 Å². The summed E-state index contributed by atoms with van der Waals surface area (Å²) in [5.41, 5.74) is 1.33. The Morgan fingerprint density at radius 3 is 2.58 bits per heavy atom. The molecule has 19 heavy (non-hydrogen) atoms. The Labute approximate surface area is 119 Å². The molecule has 0 radical (unpaired) electrons. The van der Waals surface area contributed by atoms with E-state index >= 15 is 0 Å². The number of nitrogens with one attached hydrogen (secondary N) is 1. The second kappa shape index (κ2) is 7.43. The largest absolute Gasteiger partial charge is 0.386 e. The normalized spacial score (nSPS) is 14.2. The molecule has 0 fully saturated rings. The molecule has 1 heterocycles. The fraction of sp³-hybridized carbons (Fsp3) is 0.375. The number of thiophene rings is 1. The van der Waals surface area contributed by atoms with Gasteiger partial charge in [-0.05, 0) is 36.4 Å². The third-order valence-electron chi connectivity index (χ3n) is 3.32. The van der Waals surface area contributed by atoms with Crippen molar-refractivity contribution in [3.05, 3.63) is 58.3 Å². The fourth-order valence-electron chi connectivity index (χ4n) is 2.18. The van der Waals surface area contributed by atoms with Gasteiger partial charge in [-0.25, -0.2) is 0 Å². The average molecular weight is 275 g/mol. The van der Waals surface area contributed by atoms with Crippen LogP contribution in [0.1, 0.15) is 29.9 Å². The van der Waals surface area contributed by atoms with Gasteiger partial charge in [0.15, 0.2) is 0 Å². The Bertz CT molecular complexity index is 455. The van der Waals surface area contributed by atoms with Crippen LogP contribution in [0.5, 0.6) is 0 Å². The molecule has 2 rings (SSSR count). The molecule has 0 aliphatic rings.